The van der Waals surface area contributed by atoms with Gasteiger partial charge in [0.05, 0.1) is 0 Å². The first-order valence-corrected chi connectivity index (χ1v) is 7.84. The molecule has 2 aromatic heterocycles. The predicted molar refractivity (Wildman–Crippen MR) is 81.0 cm³/mol. The summed E-state index contributed by atoms with van der Waals surface area (Å²) < 4.78 is 24.2. The fraction of sp³-hybridized carbons (Fsp3) is 0.353. The van der Waals surface area contributed by atoms with Crippen LogP contribution in [-0.4, -0.2) is 15.1 Å². The summed E-state index contributed by atoms with van der Waals surface area (Å²) >= 11 is 0. The minimum atomic E-state index is -0.335. The van der Waals surface area contributed by atoms with Gasteiger partial charge in [-0.25, -0.2) is 9.37 Å². The number of nitrogens with zero attached hydrogens (tertiary/aromatic N) is 3. The molecule has 1 aliphatic rings. The molecule has 118 valence electrons. The van der Waals surface area contributed by atoms with Crippen LogP contribution in [0.2, 0.25) is 0 Å². The van der Waals surface area contributed by atoms with Crippen LogP contribution in [0.15, 0.2) is 39.6 Å². The third kappa shape index (κ3) is 2.76. The topological polar surface area (TPSA) is 65.0 Å². The van der Waals surface area contributed by atoms with E-state index in [2.05, 4.69) is 15.1 Å². The molecule has 2 heterocycles. The van der Waals surface area contributed by atoms with Crippen molar-refractivity contribution in [1.82, 2.24) is 15.1 Å². The average molecular weight is 313 g/mol. The van der Waals surface area contributed by atoms with Gasteiger partial charge < -0.3 is 8.94 Å². The Hall–Kier alpha value is -2.50. The lowest BCUT2D eigenvalue weighted by Crippen LogP contribution is -2.06. The van der Waals surface area contributed by atoms with E-state index in [0.29, 0.717) is 28.8 Å². The minimum absolute atomic E-state index is 0.318. The summed E-state index contributed by atoms with van der Waals surface area (Å²) in [5, 5.41) is 4.11. The Bertz CT molecular complexity index is 806. The number of benzene rings is 1. The molecule has 5 nitrogen and oxygen atoms in total. The van der Waals surface area contributed by atoms with Crippen molar-refractivity contribution < 1.29 is 13.3 Å². The highest BCUT2D eigenvalue weighted by molar-refractivity contribution is 5.72. The zero-order chi connectivity index (χ0) is 15.6. The third-order valence-electron chi connectivity index (χ3n) is 4.27. The van der Waals surface area contributed by atoms with Gasteiger partial charge in [0.25, 0.3) is 5.89 Å². The molecule has 1 fully saturated rings. The number of halogens is 1. The van der Waals surface area contributed by atoms with E-state index in [1.807, 2.05) is 0 Å². The lowest BCUT2D eigenvalue weighted by atomic mass is 9.89. The Morgan fingerprint density at radius 3 is 2.83 bits per heavy atom. The van der Waals surface area contributed by atoms with Gasteiger partial charge in [-0.15, -0.1) is 0 Å². The van der Waals surface area contributed by atoms with Crippen molar-refractivity contribution in [3.63, 3.8) is 0 Å². The highest BCUT2D eigenvalue weighted by Crippen LogP contribution is 2.34. The van der Waals surface area contributed by atoms with Crippen LogP contribution < -0.4 is 0 Å². The van der Waals surface area contributed by atoms with Gasteiger partial charge in [-0.2, -0.15) is 4.98 Å². The Morgan fingerprint density at radius 1 is 1.13 bits per heavy atom. The largest absolute Gasteiger partial charge is 0.443 e. The molecule has 1 aromatic carbocycles. The molecule has 23 heavy (non-hydrogen) atoms. The van der Waals surface area contributed by atoms with Gasteiger partial charge >= 0.3 is 0 Å². The van der Waals surface area contributed by atoms with Gasteiger partial charge in [0.2, 0.25) is 0 Å². The minimum Gasteiger partial charge on any atom is -0.443 e. The molecule has 0 bridgehead atoms. The molecule has 1 saturated carbocycles. The van der Waals surface area contributed by atoms with Gasteiger partial charge in [-0.3, -0.25) is 0 Å². The van der Waals surface area contributed by atoms with E-state index in [1.165, 1.54) is 37.8 Å². The Balaban J connectivity index is 1.67. The quantitative estimate of drug-likeness (QED) is 0.708. The summed E-state index contributed by atoms with van der Waals surface area (Å²) in [4.78, 5) is 8.66. The van der Waals surface area contributed by atoms with Crippen LogP contribution >= 0.6 is 0 Å². The zero-order valence-corrected chi connectivity index (χ0v) is 12.5. The van der Waals surface area contributed by atoms with E-state index >= 15 is 0 Å². The second kappa shape index (κ2) is 5.95. The summed E-state index contributed by atoms with van der Waals surface area (Å²) in [6.07, 6.45) is 7.16. The van der Waals surface area contributed by atoms with E-state index in [4.69, 9.17) is 8.94 Å². The highest BCUT2D eigenvalue weighted by atomic mass is 19.1. The van der Waals surface area contributed by atoms with Gasteiger partial charge in [0.1, 0.15) is 5.82 Å². The van der Waals surface area contributed by atoms with Crippen LogP contribution in [0, 0.1) is 5.82 Å². The molecule has 0 N–H and O–H groups in total. The lowest BCUT2D eigenvalue weighted by molar-refractivity contribution is 0.385. The van der Waals surface area contributed by atoms with Crippen molar-refractivity contribution in [1.29, 1.82) is 0 Å². The second-order valence-electron chi connectivity index (χ2n) is 5.83. The maximum absolute atomic E-state index is 13.4. The maximum Gasteiger partial charge on any atom is 0.280 e. The summed E-state index contributed by atoms with van der Waals surface area (Å²) in [6.45, 7) is 0. The first-order chi connectivity index (χ1) is 11.3. The van der Waals surface area contributed by atoms with Crippen LogP contribution in [0.1, 0.15) is 43.8 Å². The lowest BCUT2D eigenvalue weighted by Gasteiger charge is -2.17. The van der Waals surface area contributed by atoms with E-state index in [1.54, 1.807) is 12.1 Å². The van der Waals surface area contributed by atoms with Crippen molar-refractivity contribution in [3.05, 3.63) is 42.3 Å². The zero-order valence-electron chi connectivity index (χ0n) is 12.5. The van der Waals surface area contributed by atoms with Crippen molar-refractivity contribution >= 4 is 0 Å². The molecule has 3 aromatic rings. The van der Waals surface area contributed by atoms with Gasteiger partial charge in [0, 0.05) is 11.5 Å². The first kappa shape index (κ1) is 14.1. The number of rotatable bonds is 3. The number of oxazole rings is 1. The normalized spacial score (nSPS) is 15.9. The number of aromatic nitrogens is 3. The predicted octanol–water partition coefficient (Wildman–Crippen LogP) is 4.58. The van der Waals surface area contributed by atoms with E-state index < -0.39 is 0 Å². The molecule has 1 aliphatic carbocycles. The molecular formula is C17H16FN3O2. The molecule has 0 unspecified atom stereocenters. The van der Waals surface area contributed by atoms with Gasteiger partial charge in [0.15, 0.2) is 23.7 Å². The fourth-order valence-electron chi connectivity index (χ4n) is 3.09. The standard InChI is InChI=1S/C17H16FN3O2/c18-13-8-4-7-12(9-13)15-14(19-10-22-15)17-20-16(21-23-17)11-5-2-1-3-6-11/h4,7-11H,1-3,5-6H2. The summed E-state index contributed by atoms with van der Waals surface area (Å²) in [7, 11) is 0. The van der Waals surface area contributed by atoms with Crippen molar-refractivity contribution in [2.45, 2.75) is 38.0 Å². The summed E-state index contributed by atoms with van der Waals surface area (Å²) in [5.41, 5.74) is 1.04. The van der Waals surface area contributed by atoms with Crippen LogP contribution in [0.5, 0.6) is 0 Å². The van der Waals surface area contributed by atoms with Gasteiger partial charge in [-0.05, 0) is 25.0 Å². The molecule has 6 heteroatoms. The number of hydrogen-bond donors (Lipinski definition) is 0. The van der Waals surface area contributed by atoms with E-state index in [-0.39, 0.29) is 5.82 Å². The molecule has 0 radical (unpaired) electrons. The molecule has 0 aliphatic heterocycles. The summed E-state index contributed by atoms with van der Waals surface area (Å²) in [6, 6.07) is 6.15. The van der Waals surface area contributed by atoms with E-state index in [9.17, 15) is 4.39 Å². The SMILES string of the molecule is Fc1cccc(-c2ocnc2-c2nc(C3CCCCC3)no2)c1. The number of hydrogen-bond acceptors (Lipinski definition) is 5. The Labute approximate surface area is 132 Å². The Morgan fingerprint density at radius 2 is 2.00 bits per heavy atom. The van der Waals surface area contributed by atoms with Crippen LogP contribution in [-0.2, 0) is 0 Å². The third-order valence-corrected chi connectivity index (χ3v) is 4.27. The summed E-state index contributed by atoms with van der Waals surface area (Å²) in [5.74, 6) is 1.50. The molecular weight excluding hydrogens is 297 g/mol. The monoisotopic (exact) mass is 313 g/mol. The van der Waals surface area contributed by atoms with Gasteiger partial charge in [-0.1, -0.05) is 36.6 Å². The van der Waals surface area contributed by atoms with Crippen LogP contribution in [0.4, 0.5) is 4.39 Å². The maximum atomic E-state index is 13.4. The fourth-order valence-corrected chi connectivity index (χ4v) is 3.09. The first-order valence-electron chi connectivity index (χ1n) is 7.84. The van der Waals surface area contributed by atoms with Crippen LogP contribution in [0.25, 0.3) is 22.9 Å². The molecule has 0 atom stereocenters. The van der Waals surface area contributed by atoms with E-state index in [0.717, 1.165) is 18.7 Å². The second-order valence-corrected chi connectivity index (χ2v) is 5.83. The van der Waals surface area contributed by atoms with Crippen molar-refractivity contribution in [2.75, 3.05) is 0 Å². The molecule has 0 saturated heterocycles. The molecule has 4 rings (SSSR count). The van der Waals surface area contributed by atoms with Crippen molar-refractivity contribution in [2.24, 2.45) is 0 Å². The van der Waals surface area contributed by atoms with Crippen LogP contribution in [0.3, 0.4) is 0 Å². The Kier molecular flexibility index (Phi) is 3.65. The molecule has 0 spiro atoms. The smallest absolute Gasteiger partial charge is 0.280 e. The van der Waals surface area contributed by atoms with Crippen molar-refractivity contribution in [3.8, 4) is 22.9 Å². The highest BCUT2D eigenvalue weighted by Gasteiger charge is 2.24. The molecule has 0 amide bonds. The average Bonchev–Trinajstić information content (AvgIpc) is 3.25.